The van der Waals surface area contributed by atoms with E-state index in [4.69, 9.17) is 14.2 Å². The van der Waals surface area contributed by atoms with Gasteiger partial charge in [0.2, 0.25) is 12.7 Å². The van der Waals surface area contributed by atoms with E-state index in [2.05, 4.69) is 10.3 Å². The predicted molar refractivity (Wildman–Crippen MR) is 104 cm³/mol. The van der Waals surface area contributed by atoms with E-state index in [1.54, 1.807) is 24.3 Å². The summed E-state index contributed by atoms with van der Waals surface area (Å²) in [5, 5.41) is 3.05. The summed E-state index contributed by atoms with van der Waals surface area (Å²) in [7, 11) is -2.07. The Morgan fingerprint density at radius 3 is 2.64 bits per heavy atom. The normalized spacial score (nSPS) is 12.9. The molecule has 0 radical (unpaired) electrons. The van der Waals surface area contributed by atoms with Gasteiger partial charge in [-0.25, -0.2) is 13.4 Å². The van der Waals surface area contributed by atoms with Crippen molar-refractivity contribution >= 4 is 42.4 Å². The molecule has 0 fully saturated rings. The Morgan fingerprint density at radius 1 is 1.21 bits per heavy atom. The molecule has 2 heterocycles. The first-order valence-corrected chi connectivity index (χ1v) is 10.8. The van der Waals surface area contributed by atoms with E-state index in [0.717, 1.165) is 4.70 Å². The molecule has 0 unspecified atom stereocenters. The summed E-state index contributed by atoms with van der Waals surface area (Å²) in [5.74, 6) is 1.10. The average Bonchev–Trinajstić information content (AvgIpc) is 3.29. The zero-order valence-corrected chi connectivity index (χ0v) is 16.4. The van der Waals surface area contributed by atoms with E-state index >= 15 is 0 Å². The minimum Gasteiger partial charge on any atom is -0.497 e. The monoisotopic (exact) mass is 420 g/mol. The number of carbonyl (C=O) groups is 1. The van der Waals surface area contributed by atoms with Crippen molar-refractivity contribution in [1.82, 2.24) is 4.98 Å². The third-order valence-corrected chi connectivity index (χ3v) is 6.81. The molecule has 0 bridgehead atoms. The van der Waals surface area contributed by atoms with Gasteiger partial charge in [-0.2, -0.15) is 0 Å². The Labute approximate surface area is 165 Å². The van der Waals surface area contributed by atoms with E-state index in [9.17, 15) is 13.2 Å². The van der Waals surface area contributed by atoms with Gasteiger partial charge < -0.3 is 19.5 Å². The standard InChI is InChI=1S/C18H16N2O6S2/c1-24-11-2-4-12(5-3-11)28(22,23)7-6-17(21)20-18-19-13-8-14-15(26-10-25-14)9-16(13)27-18/h2-5,8-9H,6-7,10H2,1H3,(H,19,20,21). The van der Waals surface area contributed by atoms with E-state index < -0.39 is 15.7 Å². The number of hydrogen-bond donors (Lipinski definition) is 1. The quantitative estimate of drug-likeness (QED) is 0.654. The molecule has 3 aromatic rings. The third kappa shape index (κ3) is 3.73. The van der Waals surface area contributed by atoms with E-state index in [1.165, 1.54) is 30.6 Å². The number of nitrogens with one attached hydrogen (secondary N) is 1. The Morgan fingerprint density at radius 2 is 1.93 bits per heavy atom. The van der Waals surface area contributed by atoms with Crippen molar-refractivity contribution in [2.75, 3.05) is 25.0 Å². The molecule has 1 aromatic heterocycles. The highest BCUT2D eigenvalue weighted by atomic mass is 32.2. The first-order chi connectivity index (χ1) is 13.4. The predicted octanol–water partition coefficient (Wildman–Crippen LogP) is 2.84. The first-order valence-electron chi connectivity index (χ1n) is 8.31. The second kappa shape index (κ2) is 7.28. The van der Waals surface area contributed by atoms with Gasteiger partial charge in [-0.15, -0.1) is 0 Å². The largest absolute Gasteiger partial charge is 0.497 e. The van der Waals surface area contributed by atoms with E-state index in [0.29, 0.717) is 27.9 Å². The first kappa shape index (κ1) is 18.5. The number of carbonyl (C=O) groups excluding carboxylic acids is 1. The van der Waals surface area contributed by atoms with Gasteiger partial charge in [0.15, 0.2) is 26.5 Å². The van der Waals surface area contributed by atoms with Crippen LogP contribution in [0.3, 0.4) is 0 Å². The zero-order chi connectivity index (χ0) is 19.7. The number of ether oxygens (including phenoxy) is 3. The van der Waals surface area contributed by atoms with Crippen LogP contribution in [-0.4, -0.2) is 39.0 Å². The van der Waals surface area contributed by atoms with Crippen LogP contribution in [0.25, 0.3) is 10.2 Å². The number of thiazole rings is 1. The van der Waals surface area contributed by atoms with Crippen molar-refractivity contribution < 1.29 is 27.4 Å². The highest BCUT2D eigenvalue weighted by molar-refractivity contribution is 7.91. The Kier molecular flexibility index (Phi) is 4.82. The number of benzene rings is 2. The summed E-state index contributed by atoms with van der Waals surface area (Å²) in [4.78, 5) is 16.7. The van der Waals surface area contributed by atoms with Crippen molar-refractivity contribution in [3.05, 3.63) is 36.4 Å². The van der Waals surface area contributed by atoms with Crippen LogP contribution < -0.4 is 19.5 Å². The number of aromatic nitrogens is 1. The topological polar surface area (TPSA) is 104 Å². The summed E-state index contributed by atoms with van der Waals surface area (Å²) >= 11 is 1.28. The number of rotatable bonds is 6. The SMILES string of the molecule is COc1ccc(S(=O)(=O)CCC(=O)Nc2nc3cc4c(cc3s2)OCO4)cc1. The zero-order valence-electron chi connectivity index (χ0n) is 14.8. The fourth-order valence-corrected chi connectivity index (χ4v) is 4.81. The minimum atomic E-state index is -3.57. The molecule has 10 heteroatoms. The molecule has 0 saturated heterocycles. The summed E-state index contributed by atoms with van der Waals surface area (Å²) in [6.07, 6.45) is -0.174. The molecule has 0 saturated carbocycles. The van der Waals surface area contributed by atoms with Crippen molar-refractivity contribution in [2.45, 2.75) is 11.3 Å². The highest BCUT2D eigenvalue weighted by Crippen LogP contribution is 2.38. The maximum atomic E-state index is 12.4. The highest BCUT2D eigenvalue weighted by Gasteiger charge is 2.19. The van der Waals surface area contributed by atoms with Crippen LogP contribution in [-0.2, 0) is 14.6 Å². The van der Waals surface area contributed by atoms with Crippen LogP contribution in [0.1, 0.15) is 6.42 Å². The number of amides is 1. The van der Waals surface area contributed by atoms with Crippen LogP contribution in [0.15, 0.2) is 41.3 Å². The number of hydrogen-bond acceptors (Lipinski definition) is 8. The lowest BCUT2D eigenvalue weighted by Crippen LogP contribution is -2.17. The fraction of sp³-hybridized carbons (Fsp3) is 0.222. The Hall–Kier alpha value is -2.85. The molecule has 28 heavy (non-hydrogen) atoms. The van der Waals surface area contributed by atoms with Crippen LogP contribution in [0.4, 0.5) is 5.13 Å². The Balaban J connectivity index is 1.40. The molecule has 2 aromatic carbocycles. The van der Waals surface area contributed by atoms with Gasteiger partial charge in [0.05, 0.1) is 28.0 Å². The van der Waals surface area contributed by atoms with Crippen LogP contribution in [0.2, 0.25) is 0 Å². The van der Waals surface area contributed by atoms with Gasteiger partial charge in [0, 0.05) is 18.6 Å². The lowest BCUT2D eigenvalue weighted by atomic mass is 10.3. The summed E-state index contributed by atoms with van der Waals surface area (Å²) < 4.78 is 41.3. The van der Waals surface area contributed by atoms with Crippen LogP contribution in [0.5, 0.6) is 17.2 Å². The second-order valence-corrected chi connectivity index (χ2v) is 9.12. The van der Waals surface area contributed by atoms with Gasteiger partial charge in [0.1, 0.15) is 5.75 Å². The fourth-order valence-electron chi connectivity index (χ4n) is 2.68. The molecule has 1 aliphatic heterocycles. The molecule has 0 aliphatic carbocycles. The minimum absolute atomic E-state index is 0.149. The van der Waals surface area contributed by atoms with Crippen molar-refractivity contribution in [1.29, 1.82) is 0 Å². The van der Waals surface area contributed by atoms with Gasteiger partial charge >= 0.3 is 0 Å². The molecular formula is C18H16N2O6S2. The Bertz CT molecular complexity index is 1100. The maximum absolute atomic E-state index is 12.4. The van der Waals surface area contributed by atoms with Gasteiger partial charge in [-0.3, -0.25) is 4.79 Å². The molecule has 1 N–H and O–H groups in total. The van der Waals surface area contributed by atoms with E-state index in [-0.39, 0.29) is 23.9 Å². The molecule has 0 atom stereocenters. The lowest BCUT2D eigenvalue weighted by molar-refractivity contribution is -0.115. The van der Waals surface area contributed by atoms with Crippen LogP contribution >= 0.6 is 11.3 Å². The summed E-state index contributed by atoms with van der Waals surface area (Å²) in [6.45, 7) is 0.179. The molecule has 1 amide bonds. The molecule has 1 aliphatic rings. The third-order valence-electron chi connectivity index (χ3n) is 4.15. The van der Waals surface area contributed by atoms with Gasteiger partial charge in [0.25, 0.3) is 0 Å². The van der Waals surface area contributed by atoms with E-state index in [1.807, 2.05) is 0 Å². The van der Waals surface area contributed by atoms with Crippen molar-refractivity contribution in [3.63, 3.8) is 0 Å². The number of nitrogens with zero attached hydrogens (tertiary/aromatic N) is 1. The lowest BCUT2D eigenvalue weighted by Gasteiger charge is -2.06. The maximum Gasteiger partial charge on any atom is 0.231 e. The molecule has 8 nitrogen and oxygen atoms in total. The number of methoxy groups -OCH3 is 1. The van der Waals surface area contributed by atoms with Crippen molar-refractivity contribution in [2.24, 2.45) is 0 Å². The number of fused-ring (bicyclic) bond motifs is 2. The smallest absolute Gasteiger partial charge is 0.231 e. The molecule has 146 valence electrons. The van der Waals surface area contributed by atoms with Crippen molar-refractivity contribution in [3.8, 4) is 17.2 Å². The second-order valence-electron chi connectivity index (χ2n) is 5.98. The average molecular weight is 420 g/mol. The van der Waals surface area contributed by atoms with Gasteiger partial charge in [-0.1, -0.05) is 11.3 Å². The summed E-state index contributed by atoms with van der Waals surface area (Å²) in [6, 6.07) is 9.61. The number of sulfone groups is 1. The molecular weight excluding hydrogens is 404 g/mol. The van der Waals surface area contributed by atoms with Crippen LogP contribution in [0, 0.1) is 0 Å². The molecule has 0 spiro atoms. The summed E-state index contributed by atoms with van der Waals surface area (Å²) in [5.41, 5.74) is 0.676. The molecule has 4 rings (SSSR count). The number of anilines is 1. The van der Waals surface area contributed by atoms with Gasteiger partial charge in [-0.05, 0) is 24.3 Å².